The molecule has 3 rings (SSSR count). The lowest BCUT2D eigenvalue weighted by Gasteiger charge is -2.22. The van der Waals surface area contributed by atoms with Crippen LogP contribution in [-0.2, 0) is 19.0 Å². The second-order valence-electron chi connectivity index (χ2n) is 4.52. The van der Waals surface area contributed by atoms with E-state index in [1.807, 2.05) is 12.1 Å². The largest absolute Gasteiger partial charge is 0.433 e. The van der Waals surface area contributed by atoms with E-state index in [0.29, 0.717) is 17.7 Å². The Labute approximate surface area is 112 Å². The number of aryl methyl sites for hydroxylation is 1. The van der Waals surface area contributed by atoms with Crippen LogP contribution in [0.1, 0.15) is 16.8 Å². The van der Waals surface area contributed by atoms with Crippen molar-refractivity contribution in [1.29, 1.82) is 0 Å². The Morgan fingerprint density at radius 1 is 1.10 bits per heavy atom. The molecule has 1 aliphatic carbocycles. The van der Waals surface area contributed by atoms with Crippen LogP contribution in [-0.4, -0.2) is 9.97 Å². The van der Waals surface area contributed by atoms with Gasteiger partial charge in [-0.05, 0) is 18.4 Å². The van der Waals surface area contributed by atoms with Crippen LogP contribution < -0.4 is 11.3 Å². The zero-order valence-corrected chi connectivity index (χ0v) is 10.3. The number of nitrogens with zero attached hydrogens (tertiary/aromatic N) is 2. The molecule has 7 heteroatoms. The highest BCUT2D eigenvalue weighted by Gasteiger charge is 2.38. The number of hydrogen-bond acceptors (Lipinski definition) is 4. The fourth-order valence-electron chi connectivity index (χ4n) is 2.47. The number of anilines is 1. The van der Waals surface area contributed by atoms with Gasteiger partial charge in [0.1, 0.15) is 0 Å². The molecule has 2 aromatic rings. The molecule has 1 aromatic carbocycles. The van der Waals surface area contributed by atoms with Crippen molar-refractivity contribution in [2.45, 2.75) is 19.0 Å². The first-order chi connectivity index (χ1) is 9.50. The zero-order valence-electron chi connectivity index (χ0n) is 10.3. The van der Waals surface area contributed by atoms with Gasteiger partial charge in [0.15, 0.2) is 5.69 Å². The number of hydrogen-bond donors (Lipinski definition) is 2. The predicted molar refractivity (Wildman–Crippen MR) is 67.7 cm³/mol. The van der Waals surface area contributed by atoms with Crippen molar-refractivity contribution < 1.29 is 13.2 Å². The van der Waals surface area contributed by atoms with Crippen LogP contribution in [0.4, 0.5) is 19.1 Å². The number of rotatable bonds is 1. The second kappa shape index (κ2) is 4.45. The van der Waals surface area contributed by atoms with Gasteiger partial charge in [0.05, 0.1) is 5.69 Å². The SMILES string of the molecule is NNc1nc2c(c(C(F)(F)F)n1)CCc1ccccc1-2. The van der Waals surface area contributed by atoms with Crippen LogP contribution in [0.5, 0.6) is 0 Å². The van der Waals surface area contributed by atoms with Gasteiger partial charge in [-0.25, -0.2) is 15.8 Å². The van der Waals surface area contributed by atoms with Crippen molar-refractivity contribution in [3.63, 3.8) is 0 Å². The minimum atomic E-state index is -4.52. The van der Waals surface area contributed by atoms with Gasteiger partial charge in [-0.1, -0.05) is 24.3 Å². The van der Waals surface area contributed by atoms with E-state index in [4.69, 9.17) is 5.84 Å². The number of hydrazine groups is 1. The molecule has 0 spiro atoms. The maximum atomic E-state index is 13.1. The third kappa shape index (κ3) is 2.00. The summed E-state index contributed by atoms with van der Waals surface area (Å²) in [6.07, 6.45) is -3.71. The van der Waals surface area contributed by atoms with E-state index in [1.165, 1.54) is 0 Å². The Balaban J connectivity index is 2.29. The summed E-state index contributed by atoms with van der Waals surface area (Å²) >= 11 is 0. The number of alkyl halides is 3. The van der Waals surface area contributed by atoms with Gasteiger partial charge < -0.3 is 0 Å². The third-order valence-corrected chi connectivity index (χ3v) is 3.32. The van der Waals surface area contributed by atoms with Crippen molar-refractivity contribution >= 4 is 5.95 Å². The van der Waals surface area contributed by atoms with Crippen LogP contribution >= 0.6 is 0 Å². The summed E-state index contributed by atoms with van der Waals surface area (Å²) in [7, 11) is 0. The molecule has 3 N–H and O–H groups in total. The van der Waals surface area contributed by atoms with Gasteiger partial charge in [0.25, 0.3) is 0 Å². The molecule has 1 aromatic heterocycles. The van der Waals surface area contributed by atoms with Crippen molar-refractivity contribution in [3.05, 3.63) is 41.1 Å². The van der Waals surface area contributed by atoms with Crippen LogP contribution in [0.25, 0.3) is 11.3 Å². The summed E-state index contributed by atoms with van der Waals surface area (Å²) < 4.78 is 39.3. The molecular formula is C13H11F3N4. The lowest BCUT2D eigenvalue weighted by Crippen LogP contribution is -2.21. The molecule has 0 radical (unpaired) electrons. The number of benzene rings is 1. The summed E-state index contributed by atoms with van der Waals surface area (Å²) in [5.74, 6) is 4.94. The van der Waals surface area contributed by atoms with Crippen LogP contribution in [0.3, 0.4) is 0 Å². The minimum Gasteiger partial charge on any atom is -0.292 e. The molecule has 1 heterocycles. The van der Waals surface area contributed by atoms with Gasteiger partial charge in [-0.2, -0.15) is 13.2 Å². The first kappa shape index (κ1) is 12.9. The van der Waals surface area contributed by atoms with Crippen molar-refractivity contribution in [3.8, 4) is 11.3 Å². The van der Waals surface area contributed by atoms with Gasteiger partial charge in [-0.15, -0.1) is 0 Å². The second-order valence-corrected chi connectivity index (χ2v) is 4.52. The van der Waals surface area contributed by atoms with E-state index in [-0.39, 0.29) is 17.9 Å². The maximum Gasteiger partial charge on any atom is 0.433 e. The average Bonchev–Trinajstić information content (AvgIpc) is 2.44. The van der Waals surface area contributed by atoms with E-state index in [0.717, 1.165) is 5.56 Å². The number of aromatic nitrogens is 2. The summed E-state index contributed by atoms with van der Waals surface area (Å²) in [5.41, 5.74) is 3.32. The summed E-state index contributed by atoms with van der Waals surface area (Å²) in [5, 5.41) is 0. The van der Waals surface area contributed by atoms with Gasteiger partial charge in [-0.3, -0.25) is 5.43 Å². The predicted octanol–water partition coefficient (Wildman–Crippen LogP) is 2.55. The lowest BCUT2D eigenvalue weighted by atomic mass is 9.88. The normalized spacial score (nSPS) is 13.6. The number of fused-ring (bicyclic) bond motifs is 3. The summed E-state index contributed by atoms with van der Waals surface area (Å²) in [6.45, 7) is 0. The highest BCUT2D eigenvalue weighted by Crippen LogP contribution is 2.39. The molecule has 4 nitrogen and oxygen atoms in total. The molecule has 0 bridgehead atoms. The van der Waals surface area contributed by atoms with Crippen molar-refractivity contribution in [2.75, 3.05) is 5.43 Å². The van der Waals surface area contributed by atoms with Crippen LogP contribution in [0, 0.1) is 0 Å². The monoisotopic (exact) mass is 280 g/mol. The molecule has 0 unspecified atom stereocenters. The molecular weight excluding hydrogens is 269 g/mol. The quantitative estimate of drug-likeness (QED) is 0.622. The van der Waals surface area contributed by atoms with Crippen molar-refractivity contribution in [2.24, 2.45) is 5.84 Å². The standard InChI is InChI=1S/C13H11F3N4/c14-13(15,16)11-9-6-5-7-3-1-2-4-8(7)10(9)18-12(19-11)20-17/h1-4H,5-6,17H2,(H,18,19,20). The average molecular weight is 280 g/mol. The molecule has 0 aliphatic heterocycles. The van der Waals surface area contributed by atoms with Crippen LogP contribution in [0.15, 0.2) is 24.3 Å². The van der Waals surface area contributed by atoms with E-state index in [1.54, 1.807) is 12.1 Å². The summed E-state index contributed by atoms with van der Waals surface area (Å²) in [4.78, 5) is 7.58. The smallest absolute Gasteiger partial charge is 0.292 e. The highest BCUT2D eigenvalue weighted by atomic mass is 19.4. The van der Waals surface area contributed by atoms with E-state index >= 15 is 0 Å². The number of halogens is 3. The highest BCUT2D eigenvalue weighted by molar-refractivity contribution is 5.71. The molecule has 0 saturated heterocycles. The number of nitrogen functional groups attached to an aromatic ring is 1. The number of nitrogens with one attached hydrogen (secondary N) is 1. The molecule has 0 saturated carbocycles. The Morgan fingerprint density at radius 3 is 2.55 bits per heavy atom. The molecule has 0 atom stereocenters. The molecule has 104 valence electrons. The van der Waals surface area contributed by atoms with Gasteiger partial charge >= 0.3 is 6.18 Å². The van der Waals surface area contributed by atoms with E-state index in [2.05, 4.69) is 15.4 Å². The topological polar surface area (TPSA) is 63.8 Å². The number of nitrogens with two attached hydrogens (primary N) is 1. The maximum absolute atomic E-state index is 13.1. The Morgan fingerprint density at radius 2 is 1.85 bits per heavy atom. The lowest BCUT2D eigenvalue weighted by molar-refractivity contribution is -0.141. The summed E-state index contributed by atoms with van der Waals surface area (Å²) in [6, 6.07) is 7.29. The molecule has 0 amide bonds. The first-order valence-electron chi connectivity index (χ1n) is 6.03. The van der Waals surface area contributed by atoms with Crippen LogP contribution in [0.2, 0.25) is 0 Å². The first-order valence-corrected chi connectivity index (χ1v) is 6.03. The fourth-order valence-corrected chi connectivity index (χ4v) is 2.47. The van der Waals surface area contributed by atoms with Crippen molar-refractivity contribution in [1.82, 2.24) is 9.97 Å². The Kier molecular flexibility index (Phi) is 2.86. The van der Waals surface area contributed by atoms with E-state index in [9.17, 15) is 13.2 Å². The van der Waals surface area contributed by atoms with E-state index < -0.39 is 11.9 Å². The minimum absolute atomic E-state index is 0.134. The fraction of sp³-hybridized carbons (Fsp3) is 0.231. The Hall–Kier alpha value is -2.15. The molecule has 1 aliphatic rings. The Bertz CT molecular complexity index is 667. The van der Waals surface area contributed by atoms with Gasteiger partial charge in [0.2, 0.25) is 5.95 Å². The molecule has 0 fully saturated rings. The van der Waals surface area contributed by atoms with Gasteiger partial charge in [0, 0.05) is 11.1 Å². The zero-order chi connectivity index (χ0) is 14.3. The molecule has 20 heavy (non-hydrogen) atoms. The third-order valence-electron chi connectivity index (χ3n) is 3.32.